The molecule has 0 atom stereocenters. The molecule has 1 amide bonds. The Kier molecular flexibility index (Phi) is 7.27. The van der Waals surface area contributed by atoms with Crippen molar-refractivity contribution in [1.29, 1.82) is 0 Å². The molecule has 0 spiro atoms. The molecule has 7 nitrogen and oxygen atoms in total. The zero-order valence-corrected chi connectivity index (χ0v) is 19.4. The summed E-state index contributed by atoms with van der Waals surface area (Å²) in [6.07, 6.45) is 0. The maximum Gasteiger partial charge on any atom is 0.264 e. The van der Waals surface area contributed by atoms with Gasteiger partial charge in [0.1, 0.15) is 18.0 Å². The molecule has 0 aliphatic carbocycles. The molecule has 1 N–H and O–H groups in total. The summed E-state index contributed by atoms with van der Waals surface area (Å²) >= 11 is 6.13. The first-order chi connectivity index (χ1) is 15.3. The van der Waals surface area contributed by atoms with Crippen molar-refractivity contribution < 1.29 is 22.7 Å². The van der Waals surface area contributed by atoms with Gasteiger partial charge in [0.15, 0.2) is 0 Å². The van der Waals surface area contributed by atoms with E-state index in [1.54, 1.807) is 48.5 Å². The number of para-hydroxylation sites is 1. The summed E-state index contributed by atoms with van der Waals surface area (Å²) in [5, 5.41) is 3.00. The van der Waals surface area contributed by atoms with Gasteiger partial charge in [0.05, 0.1) is 35.5 Å². The van der Waals surface area contributed by atoms with Crippen molar-refractivity contribution in [3.63, 3.8) is 0 Å². The molecule has 3 aromatic rings. The third-order valence-electron chi connectivity index (χ3n) is 4.70. The molecule has 3 aromatic carbocycles. The van der Waals surface area contributed by atoms with Crippen LogP contribution in [0.25, 0.3) is 0 Å². The van der Waals surface area contributed by atoms with Gasteiger partial charge in [0.25, 0.3) is 10.0 Å². The van der Waals surface area contributed by atoms with Crippen LogP contribution in [0, 0.1) is 6.92 Å². The van der Waals surface area contributed by atoms with E-state index in [2.05, 4.69) is 5.32 Å². The first-order valence-corrected chi connectivity index (χ1v) is 11.4. The number of aryl methyl sites for hydroxylation is 1. The SMILES string of the molecule is COc1ccc(OC)c(N(CC(=O)Nc2ccccc2Cl)S(=O)(=O)c2ccc(C)cc2)c1. The van der Waals surface area contributed by atoms with Gasteiger partial charge in [-0.2, -0.15) is 0 Å². The minimum atomic E-state index is -4.12. The van der Waals surface area contributed by atoms with Crippen LogP contribution in [0.15, 0.2) is 71.6 Å². The molecule has 32 heavy (non-hydrogen) atoms. The number of ether oxygens (including phenoxy) is 2. The Morgan fingerprint density at radius 2 is 1.69 bits per heavy atom. The highest BCUT2D eigenvalue weighted by molar-refractivity contribution is 7.92. The van der Waals surface area contributed by atoms with Crippen LogP contribution in [-0.4, -0.2) is 35.1 Å². The van der Waals surface area contributed by atoms with E-state index in [9.17, 15) is 13.2 Å². The Morgan fingerprint density at radius 1 is 1.00 bits per heavy atom. The summed E-state index contributed by atoms with van der Waals surface area (Å²) in [6, 6.07) is 17.8. The van der Waals surface area contributed by atoms with Gasteiger partial charge in [0.2, 0.25) is 5.91 Å². The fraction of sp³-hybridized carbons (Fsp3) is 0.174. The number of rotatable bonds is 8. The highest BCUT2D eigenvalue weighted by atomic mass is 35.5. The molecule has 0 aromatic heterocycles. The van der Waals surface area contributed by atoms with Crippen molar-refractivity contribution in [2.45, 2.75) is 11.8 Å². The van der Waals surface area contributed by atoms with Crippen LogP contribution in [-0.2, 0) is 14.8 Å². The van der Waals surface area contributed by atoms with Crippen LogP contribution in [0.4, 0.5) is 11.4 Å². The Morgan fingerprint density at radius 3 is 2.31 bits per heavy atom. The molecule has 0 aliphatic heterocycles. The van der Waals surface area contributed by atoms with Crippen molar-refractivity contribution in [2.75, 3.05) is 30.4 Å². The lowest BCUT2D eigenvalue weighted by molar-refractivity contribution is -0.114. The number of benzene rings is 3. The number of hydrogen-bond acceptors (Lipinski definition) is 5. The number of carbonyl (C=O) groups excluding carboxylic acids is 1. The maximum absolute atomic E-state index is 13.6. The lowest BCUT2D eigenvalue weighted by Crippen LogP contribution is -2.38. The second-order valence-electron chi connectivity index (χ2n) is 6.89. The summed E-state index contributed by atoms with van der Waals surface area (Å²) in [7, 11) is -1.23. The van der Waals surface area contributed by atoms with E-state index in [-0.39, 0.29) is 16.3 Å². The standard InChI is InChI=1S/C23H23ClN2O5S/c1-16-8-11-18(12-9-16)32(28,29)26(21-14-17(30-2)10-13-22(21)31-3)15-23(27)25-20-7-5-4-6-19(20)24/h4-14H,15H2,1-3H3,(H,25,27). The molecular weight excluding hydrogens is 452 g/mol. The van der Waals surface area contributed by atoms with Gasteiger partial charge in [-0.1, -0.05) is 41.4 Å². The van der Waals surface area contributed by atoms with Crippen LogP contribution in [0.2, 0.25) is 5.02 Å². The molecule has 0 radical (unpaired) electrons. The van der Waals surface area contributed by atoms with E-state index in [0.717, 1.165) is 9.87 Å². The Labute approximate surface area is 192 Å². The summed E-state index contributed by atoms with van der Waals surface area (Å²) in [5.41, 5.74) is 1.46. The normalized spacial score (nSPS) is 11.0. The lowest BCUT2D eigenvalue weighted by Gasteiger charge is -2.26. The molecule has 0 bridgehead atoms. The van der Waals surface area contributed by atoms with E-state index in [0.29, 0.717) is 16.5 Å². The number of carbonyl (C=O) groups is 1. The number of hydrogen-bond donors (Lipinski definition) is 1. The summed E-state index contributed by atoms with van der Waals surface area (Å²) in [4.78, 5) is 12.9. The van der Waals surface area contributed by atoms with E-state index in [1.165, 1.54) is 32.4 Å². The van der Waals surface area contributed by atoms with Crippen LogP contribution in [0.5, 0.6) is 11.5 Å². The molecule has 0 saturated heterocycles. The monoisotopic (exact) mass is 474 g/mol. The van der Waals surface area contributed by atoms with Gasteiger partial charge >= 0.3 is 0 Å². The van der Waals surface area contributed by atoms with Crippen molar-refractivity contribution >= 4 is 38.9 Å². The van der Waals surface area contributed by atoms with Gasteiger partial charge in [-0.25, -0.2) is 8.42 Å². The average Bonchev–Trinajstić information content (AvgIpc) is 2.78. The molecule has 3 rings (SSSR count). The molecule has 0 unspecified atom stereocenters. The van der Waals surface area contributed by atoms with Gasteiger partial charge in [-0.05, 0) is 43.3 Å². The molecule has 168 valence electrons. The molecular formula is C23H23ClN2O5S. The van der Waals surface area contributed by atoms with Gasteiger partial charge < -0.3 is 14.8 Å². The molecule has 0 heterocycles. The minimum absolute atomic E-state index is 0.0403. The van der Waals surface area contributed by atoms with Crippen molar-refractivity contribution in [3.05, 3.63) is 77.3 Å². The zero-order valence-electron chi connectivity index (χ0n) is 17.8. The van der Waals surface area contributed by atoms with E-state index < -0.39 is 22.5 Å². The second kappa shape index (κ2) is 9.93. The van der Waals surface area contributed by atoms with Crippen LogP contribution < -0.4 is 19.1 Å². The summed E-state index contributed by atoms with van der Waals surface area (Å²) < 4.78 is 38.8. The van der Waals surface area contributed by atoms with Crippen LogP contribution >= 0.6 is 11.6 Å². The summed E-state index contributed by atoms with van der Waals surface area (Å²) in [5.74, 6) is 0.113. The number of anilines is 2. The number of nitrogens with one attached hydrogen (secondary N) is 1. The third kappa shape index (κ3) is 5.15. The molecule has 9 heteroatoms. The van der Waals surface area contributed by atoms with Gasteiger partial charge in [0, 0.05) is 6.07 Å². The fourth-order valence-corrected chi connectivity index (χ4v) is 4.62. The molecule has 0 fully saturated rings. The maximum atomic E-state index is 13.6. The fourth-order valence-electron chi connectivity index (χ4n) is 3.01. The second-order valence-corrected chi connectivity index (χ2v) is 9.16. The number of sulfonamides is 1. The Balaban J connectivity index is 2.06. The number of halogens is 1. The minimum Gasteiger partial charge on any atom is -0.497 e. The zero-order chi connectivity index (χ0) is 23.3. The van der Waals surface area contributed by atoms with Gasteiger partial charge in [-0.15, -0.1) is 0 Å². The van der Waals surface area contributed by atoms with Crippen LogP contribution in [0.1, 0.15) is 5.56 Å². The highest BCUT2D eigenvalue weighted by Gasteiger charge is 2.30. The van der Waals surface area contributed by atoms with Gasteiger partial charge in [-0.3, -0.25) is 9.10 Å². The smallest absolute Gasteiger partial charge is 0.264 e. The topological polar surface area (TPSA) is 84.9 Å². The van der Waals surface area contributed by atoms with E-state index in [1.807, 2.05) is 6.92 Å². The van der Waals surface area contributed by atoms with Crippen molar-refractivity contribution in [2.24, 2.45) is 0 Å². The lowest BCUT2D eigenvalue weighted by atomic mass is 10.2. The largest absolute Gasteiger partial charge is 0.497 e. The van der Waals surface area contributed by atoms with Crippen molar-refractivity contribution in [1.82, 2.24) is 0 Å². The average molecular weight is 475 g/mol. The first-order valence-electron chi connectivity index (χ1n) is 9.62. The third-order valence-corrected chi connectivity index (χ3v) is 6.80. The van der Waals surface area contributed by atoms with E-state index in [4.69, 9.17) is 21.1 Å². The Bertz CT molecular complexity index is 1210. The first kappa shape index (κ1) is 23.4. The van der Waals surface area contributed by atoms with Crippen LogP contribution in [0.3, 0.4) is 0 Å². The van der Waals surface area contributed by atoms with E-state index >= 15 is 0 Å². The number of amides is 1. The van der Waals surface area contributed by atoms with Crippen molar-refractivity contribution in [3.8, 4) is 11.5 Å². The number of nitrogens with zero attached hydrogens (tertiary/aromatic N) is 1. The summed E-state index contributed by atoms with van der Waals surface area (Å²) in [6.45, 7) is 1.35. The quantitative estimate of drug-likeness (QED) is 0.519. The predicted octanol–water partition coefficient (Wildman–Crippen LogP) is 4.50. The molecule has 0 saturated carbocycles. The highest BCUT2D eigenvalue weighted by Crippen LogP contribution is 2.35. The predicted molar refractivity (Wildman–Crippen MR) is 125 cm³/mol. The number of methoxy groups -OCH3 is 2. The Hall–Kier alpha value is -3.23. The molecule has 0 aliphatic rings.